The van der Waals surface area contributed by atoms with Gasteiger partial charge in [0.25, 0.3) is 0 Å². The van der Waals surface area contributed by atoms with Crippen LogP contribution in [0.25, 0.3) is 0 Å². The number of benzene rings is 1. The Morgan fingerprint density at radius 1 is 1.26 bits per heavy atom. The lowest BCUT2D eigenvalue weighted by atomic mass is 10.1. The zero-order chi connectivity index (χ0) is 15.6. The van der Waals surface area contributed by atoms with Crippen molar-refractivity contribution in [2.45, 2.75) is 19.4 Å². The Bertz CT molecular complexity index is 689. The molecule has 2 aliphatic heterocycles. The van der Waals surface area contributed by atoms with Crippen molar-refractivity contribution in [1.29, 1.82) is 0 Å². The van der Waals surface area contributed by atoms with E-state index in [1.165, 1.54) is 16.1 Å². The summed E-state index contributed by atoms with van der Waals surface area (Å²) < 4.78 is 5.27. The SMILES string of the molecule is O=C(Nc1ccc(N2CCc3sccc3C2)cc1)[C@H]1CCOC1. The highest BCUT2D eigenvalue weighted by atomic mass is 32.1. The molecular formula is C18H20N2O2S. The van der Waals surface area contributed by atoms with Gasteiger partial charge in [0.05, 0.1) is 12.5 Å². The van der Waals surface area contributed by atoms with Crippen LogP contribution in [0, 0.1) is 5.92 Å². The van der Waals surface area contributed by atoms with E-state index in [0.717, 1.165) is 31.6 Å². The molecule has 1 fully saturated rings. The number of fused-ring (bicyclic) bond motifs is 1. The lowest BCUT2D eigenvalue weighted by Gasteiger charge is -2.29. The van der Waals surface area contributed by atoms with E-state index in [1.807, 2.05) is 23.5 Å². The Morgan fingerprint density at radius 2 is 2.13 bits per heavy atom. The maximum atomic E-state index is 12.1. The van der Waals surface area contributed by atoms with Crippen molar-refractivity contribution >= 4 is 28.6 Å². The summed E-state index contributed by atoms with van der Waals surface area (Å²) in [6.45, 7) is 3.26. The van der Waals surface area contributed by atoms with E-state index in [1.54, 1.807) is 0 Å². The van der Waals surface area contributed by atoms with Crippen LogP contribution in [0.15, 0.2) is 35.7 Å². The lowest BCUT2D eigenvalue weighted by molar-refractivity contribution is -0.119. The second-order valence-electron chi connectivity index (χ2n) is 6.14. The van der Waals surface area contributed by atoms with Crippen LogP contribution in [0.2, 0.25) is 0 Å². The standard InChI is InChI=1S/C18H20N2O2S/c21-18(14-6-9-22-12-14)19-15-1-3-16(4-2-15)20-8-5-17-13(11-20)7-10-23-17/h1-4,7,10,14H,5-6,8-9,11-12H2,(H,19,21)/t14-/m0/s1. The van der Waals surface area contributed by atoms with Gasteiger partial charge in [0.15, 0.2) is 0 Å². The molecule has 2 aliphatic rings. The zero-order valence-corrected chi connectivity index (χ0v) is 13.8. The minimum absolute atomic E-state index is 0.00576. The molecule has 4 rings (SSSR count). The number of hydrogen-bond donors (Lipinski definition) is 1. The molecule has 1 atom stereocenters. The monoisotopic (exact) mass is 328 g/mol. The summed E-state index contributed by atoms with van der Waals surface area (Å²) >= 11 is 1.86. The third-order valence-corrected chi connectivity index (χ3v) is 5.63. The number of anilines is 2. The minimum atomic E-state index is -0.00576. The van der Waals surface area contributed by atoms with Crippen LogP contribution in [0.1, 0.15) is 16.9 Å². The predicted octanol–water partition coefficient (Wildman–Crippen LogP) is 3.29. The molecule has 1 amide bonds. The normalized spacial score (nSPS) is 20.3. The van der Waals surface area contributed by atoms with Crippen molar-refractivity contribution in [3.8, 4) is 0 Å². The van der Waals surface area contributed by atoms with Crippen LogP contribution in [0.4, 0.5) is 11.4 Å². The van der Waals surface area contributed by atoms with Crippen molar-refractivity contribution < 1.29 is 9.53 Å². The molecule has 23 heavy (non-hydrogen) atoms. The molecule has 0 bridgehead atoms. The van der Waals surface area contributed by atoms with Crippen molar-refractivity contribution in [1.82, 2.24) is 0 Å². The summed E-state index contributed by atoms with van der Waals surface area (Å²) in [6, 6.07) is 10.4. The summed E-state index contributed by atoms with van der Waals surface area (Å²) in [6.07, 6.45) is 1.94. The summed E-state index contributed by atoms with van der Waals surface area (Å²) in [5.74, 6) is 0.0601. The van der Waals surface area contributed by atoms with Gasteiger partial charge in [-0.1, -0.05) is 0 Å². The van der Waals surface area contributed by atoms with Gasteiger partial charge in [0.1, 0.15) is 0 Å². The van der Waals surface area contributed by atoms with E-state index in [-0.39, 0.29) is 11.8 Å². The molecular weight excluding hydrogens is 308 g/mol. The summed E-state index contributed by atoms with van der Waals surface area (Å²) in [7, 11) is 0. The molecule has 5 heteroatoms. The third-order valence-electron chi connectivity index (χ3n) is 4.61. The molecule has 0 spiro atoms. The minimum Gasteiger partial charge on any atom is -0.381 e. The maximum Gasteiger partial charge on any atom is 0.229 e. The van der Waals surface area contributed by atoms with Gasteiger partial charge in [-0.3, -0.25) is 4.79 Å². The summed E-state index contributed by atoms with van der Waals surface area (Å²) in [5, 5.41) is 5.17. The highest BCUT2D eigenvalue weighted by Crippen LogP contribution is 2.28. The number of nitrogens with zero attached hydrogens (tertiary/aromatic N) is 1. The molecule has 2 aromatic rings. The predicted molar refractivity (Wildman–Crippen MR) is 93.1 cm³/mol. The number of rotatable bonds is 3. The van der Waals surface area contributed by atoms with Crippen molar-refractivity contribution in [3.63, 3.8) is 0 Å². The molecule has 1 N–H and O–H groups in total. The highest BCUT2D eigenvalue weighted by Gasteiger charge is 2.23. The zero-order valence-electron chi connectivity index (χ0n) is 13.0. The topological polar surface area (TPSA) is 41.6 Å². The lowest BCUT2D eigenvalue weighted by Crippen LogP contribution is -2.29. The molecule has 4 nitrogen and oxygen atoms in total. The molecule has 0 saturated carbocycles. The molecule has 0 radical (unpaired) electrons. The van der Waals surface area contributed by atoms with E-state index < -0.39 is 0 Å². The van der Waals surface area contributed by atoms with Crippen LogP contribution in [0.5, 0.6) is 0 Å². The maximum absolute atomic E-state index is 12.1. The molecule has 1 aromatic carbocycles. The van der Waals surface area contributed by atoms with Gasteiger partial charge in [0.2, 0.25) is 5.91 Å². The number of nitrogens with one attached hydrogen (secondary N) is 1. The Hall–Kier alpha value is -1.85. The number of amides is 1. The Kier molecular flexibility index (Phi) is 4.06. The Balaban J connectivity index is 1.41. The van der Waals surface area contributed by atoms with E-state index in [2.05, 4.69) is 33.8 Å². The third kappa shape index (κ3) is 3.12. The highest BCUT2D eigenvalue weighted by molar-refractivity contribution is 7.10. The van der Waals surface area contributed by atoms with Gasteiger partial charge < -0.3 is 15.0 Å². The second-order valence-corrected chi connectivity index (χ2v) is 7.14. The van der Waals surface area contributed by atoms with Gasteiger partial charge in [-0.2, -0.15) is 0 Å². The van der Waals surface area contributed by atoms with Gasteiger partial charge in [-0.15, -0.1) is 11.3 Å². The molecule has 0 unspecified atom stereocenters. The van der Waals surface area contributed by atoms with Crippen LogP contribution >= 0.6 is 11.3 Å². The van der Waals surface area contributed by atoms with Crippen molar-refractivity contribution in [2.24, 2.45) is 5.92 Å². The molecule has 3 heterocycles. The molecule has 120 valence electrons. The van der Waals surface area contributed by atoms with Crippen LogP contribution in [-0.2, 0) is 22.5 Å². The van der Waals surface area contributed by atoms with E-state index in [0.29, 0.717) is 13.2 Å². The number of carbonyl (C=O) groups excluding carboxylic acids is 1. The molecule has 0 aliphatic carbocycles. The van der Waals surface area contributed by atoms with E-state index >= 15 is 0 Å². The number of hydrogen-bond acceptors (Lipinski definition) is 4. The average molecular weight is 328 g/mol. The summed E-state index contributed by atoms with van der Waals surface area (Å²) in [4.78, 5) is 16.0. The fourth-order valence-corrected chi connectivity index (χ4v) is 4.10. The van der Waals surface area contributed by atoms with Crippen LogP contribution in [-0.4, -0.2) is 25.7 Å². The fourth-order valence-electron chi connectivity index (χ4n) is 3.21. The Labute approximate surface area is 140 Å². The van der Waals surface area contributed by atoms with E-state index in [9.17, 15) is 4.79 Å². The van der Waals surface area contributed by atoms with Crippen LogP contribution in [0.3, 0.4) is 0 Å². The number of carbonyl (C=O) groups is 1. The smallest absolute Gasteiger partial charge is 0.229 e. The molecule has 1 saturated heterocycles. The van der Waals surface area contributed by atoms with Crippen molar-refractivity contribution in [2.75, 3.05) is 30.0 Å². The van der Waals surface area contributed by atoms with E-state index in [4.69, 9.17) is 4.74 Å². The summed E-state index contributed by atoms with van der Waals surface area (Å²) in [5.41, 5.74) is 3.52. The van der Waals surface area contributed by atoms with Gasteiger partial charge in [0, 0.05) is 35.9 Å². The first-order valence-electron chi connectivity index (χ1n) is 8.08. The number of thiophene rings is 1. The first kappa shape index (κ1) is 14.7. The van der Waals surface area contributed by atoms with Gasteiger partial charge in [-0.05, 0) is 54.1 Å². The molecule has 1 aromatic heterocycles. The van der Waals surface area contributed by atoms with Gasteiger partial charge in [-0.25, -0.2) is 0 Å². The largest absolute Gasteiger partial charge is 0.381 e. The Morgan fingerprint density at radius 3 is 2.91 bits per heavy atom. The average Bonchev–Trinajstić information content (AvgIpc) is 3.26. The van der Waals surface area contributed by atoms with Crippen molar-refractivity contribution in [3.05, 3.63) is 46.2 Å². The van der Waals surface area contributed by atoms with Gasteiger partial charge >= 0.3 is 0 Å². The fraction of sp³-hybridized carbons (Fsp3) is 0.389. The first-order chi connectivity index (χ1) is 11.3. The van der Waals surface area contributed by atoms with Crippen LogP contribution < -0.4 is 10.2 Å². The quantitative estimate of drug-likeness (QED) is 0.940. The number of ether oxygens (including phenoxy) is 1. The first-order valence-corrected chi connectivity index (χ1v) is 8.96. The second kappa shape index (κ2) is 6.34.